The van der Waals surface area contributed by atoms with E-state index in [9.17, 15) is 4.79 Å². The van der Waals surface area contributed by atoms with Crippen LogP contribution in [0.3, 0.4) is 0 Å². The zero-order chi connectivity index (χ0) is 18.4. The number of ether oxygens (including phenoxy) is 3. The van der Waals surface area contributed by atoms with Crippen molar-refractivity contribution in [2.24, 2.45) is 5.73 Å². The monoisotopic (exact) mass is 357 g/mol. The molecule has 1 fully saturated rings. The minimum absolute atomic E-state index is 0.183. The number of nitrogens with two attached hydrogens (primary N) is 1. The Morgan fingerprint density at radius 1 is 1.27 bits per heavy atom. The van der Waals surface area contributed by atoms with Gasteiger partial charge in [-0.3, -0.25) is 4.79 Å². The summed E-state index contributed by atoms with van der Waals surface area (Å²) in [6, 6.07) is 10.9. The Balaban J connectivity index is 1.68. The molecule has 1 amide bonds. The zero-order valence-corrected chi connectivity index (χ0v) is 14.7. The maximum Gasteiger partial charge on any atom is 0.240 e. The van der Waals surface area contributed by atoms with Crippen LogP contribution < -0.4 is 20.5 Å². The molecule has 26 heavy (non-hydrogen) atoms. The molecule has 2 heterocycles. The summed E-state index contributed by atoms with van der Waals surface area (Å²) in [6.07, 6.45) is 2.67. The summed E-state index contributed by atoms with van der Waals surface area (Å²) in [7, 11) is 1.60. The average Bonchev–Trinajstić information content (AvgIpc) is 2.68. The van der Waals surface area contributed by atoms with E-state index >= 15 is 0 Å². The molecule has 7 heteroatoms. The van der Waals surface area contributed by atoms with E-state index in [0.717, 1.165) is 5.56 Å². The molecule has 138 valence electrons. The summed E-state index contributed by atoms with van der Waals surface area (Å²) < 4.78 is 16.3. The van der Waals surface area contributed by atoms with E-state index in [2.05, 4.69) is 10.3 Å². The Morgan fingerprint density at radius 3 is 2.81 bits per heavy atom. The highest BCUT2D eigenvalue weighted by Gasteiger charge is 2.35. The topological polar surface area (TPSA) is 95.7 Å². The van der Waals surface area contributed by atoms with E-state index in [0.29, 0.717) is 43.4 Å². The molecule has 1 saturated heterocycles. The second-order valence-corrected chi connectivity index (χ2v) is 6.20. The molecule has 2 aromatic rings. The average molecular weight is 357 g/mol. The van der Waals surface area contributed by atoms with Crippen LogP contribution in [0.4, 0.5) is 0 Å². The Labute approximate surface area is 152 Å². The van der Waals surface area contributed by atoms with Gasteiger partial charge in [-0.25, -0.2) is 4.98 Å². The molecule has 0 radical (unpaired) electrons. The second kappa shape index (κ2) is 8.16. The molecule has 0 spiro atoms. The van der Waals surface area contributed by atoms with E-state index in [4.69, 9.17) is 19.9 Å². The minimum Gasteiger partial charge on any atom is -0.497 e. The van der Waals surface area contributed by atoms with Gasteiger partial charge in [0.15, 0.2) is 0 Å². The molecule has 1 aromatic heterocycles. The number of methoxy groups -OCH3 is 1. The van der Waals surface area contributed by atoms with Crippen LogP contribution in [-0.4, -0.2) is 36.8 Å². The fourth-order valence-corrected chi connectivity index (χ4v) is 2.74. The van der Waals surface area contributed by atoms with Crippen LogP contribution >= 0.6 is 0 Å². The molecule has 0 unspecified atom stereocenters. The van der Waals surface area contributed by atoms with Crippen molar-refractivity contribution in [3.05, 3.63) is 48.2 Å². The van der Waals surface area contributed by atoms with Crippen LogP contribution in [0.25, 0.3) is 0 Å². The molecule has 1 aromatic carbocycles. The number of amides is 1. The number of aromatic nitrogens is 1. The summed E-state index contributed by atoms with van der Waals surface area (Å²) in [5.74, 6) is 1.55. The minimum atomic E-state index is -0.881. The molecular formula is C19H23N3O4. The van der Waals surface area contributed by atoms with Crippen molar-refractivity contribution >= 4 is 5.91 Å². The molecule has 0 aliphatic carbocycles. The summed E-state index contributed by atoms with van der Waals surface area (Å²) in [5.41, 5.74) is 6.09. The Bertz CT molecular complexity index is 760. The standard InChI is InChI=1S/C19H23N3O4/c1-24-15-5-2-6-16(12-15)26-17-14(4-3-9-21-17)13-22-18(23)19(20)7-10-25-11-8-19/h2-6,9,12H,7-8,10-11,13,20H2,1H3,(H,22,23). The second-order valence-electron chi connectivity index (χ2n) is 6.20. The number of hydrogen-bond donors (Lipinski definition) is 2. The summed E-state index contributed by atoms with van der Waals surface area (Å²) in [6.45, 7) is 1.29. The third kappa shape index (κ3) is 4.30. The normalized spacial score (nSPS) is 15.9. The first-order valence-corrected chi connectivity index (χ1v) is 8.51. The van der Waals surface area contributed by atoms with Crippen molar-refractivity contribution in [3.8, 4) is 17.4 Å². The number of rotatable bonds is 6. The Morgan fingerprint density at radius 2 is 2.04 bits per heavy atom. The van der Waals surface area contributed by atoms with Crippen LogP contribution in [0, 0.1) is 0 Å². The lowest BCUT2D eigenvalue weighted by Gasteiger charge is -2.31. The first kappa shape index (κ1) is 18.2. The molecular weight excluding hydrogens is 334 g/mol. The van der Waals surface area contributed by atoms with Gasteiger partial charge in [0, 0.05) is 37.6 Å². The third-order valence-electron chi connectivity index (χ3n) is 4.38. The number of nitrogens with one attached hydrogen (secondary N) is 1. The van der Waals surface area contributed by atoms with Gasteiger partial charge in [0.25, 0.3) is 0 Å². The zero-order valence-electron chi connectivity index (χ0n) is 14.7. The van der Waals surface area contributed by atoms with Gasteiger partial charge in [0.1, 0.15) is 11.5 Å². The number of benzene rings is 1. The molecule has 0 bridgehead atoms. The molecule has 7 nitrogen and oxygen atoms in total. The van der Waals surface area contributed by atoms with Gasteiger partial charge in [0.2, 0.25) is 11.8 Å². The highest BCUT2D eigenvalue weighted by atomic mass is 16.5. The number of carbonyl (C=O) groups is 1. The fourth-order valence-electron chi connectivity index (χ4n) is 2.74. The quantitative estimate of drug-likeness (QED) is 0.821. The molecule has 1 aliphatic heterocycles. The van der Waals surface area contributed by atoms with Gasteiger partial charge in [-0.15, -0.1) is 0 Å². The molecule has 3 N–H and O–H groups in total. The smallest absolute Gasteiger partial charge is 0.240 e. The molecule has 0 atom stereocenters. The van der Waals surface area contributed by atoms with Crippen LogP contribution in [0.15, 0.2) is 42.6 Å². The Hall–Kier alpha value is -2.64. The van der Waals surface area contributed by atoms with Gasteiger partial charge in [-0.2, -0.15) is 0 Å². The first-order chi connectivity index (χ1) is 12.6. The predicted molar refractivity (Wildman–Crippen MR) is 96.1 cm³/mol. The predicted octanol–water partition coefficient (Wildman–Crippen LogP) is 2.01. The summed E-state index contributed by atoms with van der Waals surface area (Å²) in [4.78, 5) is 16.7. The molecule has 3 rings (SSSR count). The van der Waals surface area contributed by atoms with Crippen LogP contribution in [-0.2, 0) is 16.1 Å². The van der Waals surface area contributed by atoms with Crippen LogP contribution in [0.5, 0.6) is 17.4 Å². The van der Waals surface area contributed by atoms with Crippen molar-refractivity contribution in [2.45, 2.75) is 24.9 Å². The number of nitrogens with zero attached hydrogens (tertiary/aromatic N) is 1. The largest absolute Gasteiger partial charge is 0.497 e. The van der Waals surface area contributed by atoms with Crippen molar-refractivity contribution in [1.29, 1.82) is 0 Å². The van der Waals surface area contributed by atoms with E-state index in [1.807, 2.05) is 24.3 Å². The van der Waals surface area contributed by atoms with Gasteiger partial charge in [0.05, 0.1) is 12.6 Å². The van der Waals surface area contributed by atoms with Crippen molar-refractivity contribution in [1.82, 2.24) is 10.3 Å². The SMILES string of the molecule is COc1cccc(Oc2ncccc2CNC(=O)C2(N)CCOCC2)c1. The van der Waals surface area contributed by atoms with Crippen molar-refractivity contribution in [2.75, 3.05) is 20.3 Å². The Kier molecular flexibility index (Phi) is 5.70. The summed E-state index contributed by atoms with van der Waals surface area (Å²) in [5, 5.41) is 2.89. The van der Waals surface area contributed by atoms with E-state index < -0.39 is 5.54 Å². The molecule has 1 aliphatic rings. The molecule has 0 saturated carbocycles. The van der Waals surface area contributed by atoms with Crippen molar-refractivity contribution < 1.29 is 19.0 Å². The van der Waals surface area contributed by atoms with Gasteiger partial charge < -0.3 is 25.3 Å². The van der Waals surface area contributed by atoms with E-state index in [-0.39, 0.29) is 12.5 Å². The van der Waals surface area contributed by atoms with E-state index in [1.165, 1.54) is 0 Å². The van der Waals surface area contributed by atoms with Gasteiger partial charge >= 0.3 is 0 Å². The van der Waals surface area contributed by atoms with Gasteiger partial charge in [-0.1, -0.05) is 12.1 Å². The van der Waals surface area contributed by atoms with Gasteiger partial charge in [-0.05, 0) is 31.0 Å². The van der Waals surface area contributed by atoms with E-state index in [1.54, 1.807) is 25.4 Å². The maximum absolute atomic E-state index is 12.5. The lowest BCUT2D eigenvalue weighted by molar-refractivity contribution is -0.129. The first-order valence-electron chi connectivity index (χ1n) is 8.51. The van der Waals surface area contributed by atoms with Crippen LogP contribution in [0.2, 0.25) is 0 Å². The highest BCUT2D eigenvalue weighted by molar-refractivity contribution is 5.86. The van der Waals surface area contributed by atoms with Crippen molar-refractivity contribution in [3.63, 3.8) is 0 Å². The number of pyridine rings is 1. The summed E-state index contributed by atoms with van der Waals surface area (Å²) >= 11 is 0. The maximum atomic E-state index is 12.5. The lowest BCUT2D eigenvalue weighted by atomic mass is 9.90. The lowest BCUT2D eigenvalue weighted by Crippen LogP contribution is -2.56. The van der Waals surface area contributed by atoms with Crippen LogP contribution in [0.1, 0.15) is 18.4 Å². The number of hydrogen-bond acceptors (Lipinski definition) is 6. The highest BCUT2D eigenvalue weighted by Crippen LogP contribution is 2.26. The third-order valence-corrected chi connectivity index (χ3v) is 4.38. The number of carbonyl (C=O) groups excluding carboxylic acids is 1. The fraction of sp³-hybridized carbons (Fsp3) is 0.368.